The fourth-order valence-corrected chi connectivity index (χ4v) is 7.30. The third kappa shape index (κ3) is 4.86. The SMILES string of the molecule is C[C@@](NC(=O)Nc1ccc2c(n1)CN(C1CCC(=O)NC1=O)C2=O)(c1nc2c(OC3CCC3)cc(Cl)cc2s1)C1CC1. The highest BCUT2D eigenvalue weighted by atomic mass is 35.5. The van der Waals surface area contributed by atoms with Crippen molar-refractivity contribution in [2.75, 3.05) is 5.32 Å². The molecule has 4 aliphatic rings. The van der Waals surface area contributed by atoms with Crippen LogP contribution in [0.4, 0.5) is 10.6 Å². The number of rotatable bonds is 7. The Morgan fingerprint density at radius 3 is 2.67 bits per heavy atom. The van der Waals surface area contributed by atoms with E-state index in [2.05, 4.69) is 20.9 Å². The van der Waals surface area contributed by atoms with Crippen LogP contribution < -0.4 is 20.7 Å². The molecule has 3 aromatic rings. The van der Waals surface area contributed by atoms with Crippen LogP contribution in [0, 0.1) is 5.92 Å². The molecule has 1 unspecified atom stereocenters. The van der Waals surface area contributed by atoms with Gasteiger partial charge < -0.3 is 15.0 Å². The molecule has 1 saturated heterocycles. The molecule has 3 fully saturated rings. The first-order valence-corrected chi connectivity index (χ1v) is 15.4. The lowest BCUT2D eigenvalue weighted by Crippen LogP contribution is -2.52. The van der Waals surface area contributed by atoms with Gasteiger partial charge in [-0.25, -0.2) is 14.8 Å². The summed E-state index contributed by atoms with van der Waals surface area (Å²) in [5.74, 6) is 0.0450. The molecule has 1 aromatic carbocycles. The number of fused-ring (bicyclic) bond motifs is 2. The fourth-order valence-electron chi connectivity index (χ4n) is 5.83. The molecular weight excluding hydrogens is 580 g/mol. The number of nitrogens with one attached hydrogen (secondary N) is 3. The van der Waals surface area contributed by atoms with Crippen LogP contribution in [0.5, 0.6) is 5.75 Å². The number of halogens is 1. The first kappa shape index (κ1) is 27.1. The summed E-state index contributed by atoms with van der Waals surface area (Å²) in [6.07, 6.45) is 5.75. The summed E-state index contributed by atoms with van der Waals surface area (Å²) in [6.45, 7) is 2.11. The van der Waals surface area contributed by atoms with Crippen molar-refractivity contribution in [1.82, 2.24) is 25.5 Å². The number of carbonyl (C=O) groups excluding carboxylic acids is 4. The average Bonchev–Trinajstić information content (AvgIpc) is 3.61. The molecule has 2 saturated carbocycles. The van der Waals surface area contributed by atoms with Crippen LogP contribution in [0.3, 0.4) is 0 Å². The minimum absolute atomic E-state index is 0.122. The minimum atomic E-state index is -0.730. The number of imide groups is 1. The van der Waals surface area contributed by atoms with E-state index in [-0.39, 0.29) is 49.0 Å². The molecule has 2 aromatic heterocycles. The molecule has 0 spiro atoms. The van der Waals surface area contributed by atoms with E-state index in [9.17, 15) is 19.2 Å². The van der Waals surface area contributed by atoms with E-state index >= 15 is 0 Å². The predicted octanol–water partition coefficient (Wildman–Crippen LogP) is 4.48. The van der Waals surface area contributed by atoms with Gasteiger partial charge in [0.15, 0.2) is 0 Å². The van der Waals surface area contributed by atoms with Crippen LogP contribution in [0.1, 0.15) is 72.9 Å². The van der Waals surface area contributed by atoms with Gasteiger partial charge in [-0.1, -0.05) is 11.6 Å². The number of amides is 5. The Balaban J connectivity index is 1.08. The third-order valence-corrected chi connectivity index (χ3v) is 10.1. The van der Waals surface area contributed by atoms with E-state index in [1.54, 1.807) is 12.1 Å². The molecule has 3 N–H and O–H groups in total. The maximum absolute atomic E-state index is 13.3. The molecule has 13 heteroatoms. The molecule has 11 nitrogen and oxygen atoms in total. The second-order valence-corrected chi connectivity index (χ2v) is 13.1. The van der Waals surface area contributed by atoms with Gasteiger partial charge in [0.1, 0.15) is 28.1 Å². The molecule has 2 aliphatic carbocycles. The molecule has 0 bridgehead atoms. The van der Waals surface area contributed by atoms with E-state index in [0.29, 0.717) is 22.0 Å². The first-order chi connectivity index (χ1) is 20.2. The largest absolute Gasteiger partial charge is 0.488 e. The standard InChI is InChI=1S/C29H29ClN6O5S/c1-29(14-5-6-14,27-34-24-20(41-16-3-2-4-16)11-15(30)12-21(24)42-27)35-28(40)32-22-9-7-17-18(31-22)13-36(26(17)39)19-8-10-23(37)33-25(19)38/h7,9,11-12,14,16,19H,2-6,8,10,13H2,1H3,(H,33,37,38)(H2,31,32,35,40)/t19?,29-/m0/s1. The number of pyridine rings is 1. The second-order valence-electron chi connectivity index (χ2n) is 11.6. The number of hydrogen-bond acceptors (Lipinski definition) is 8. The summed E-state index contributed by atoms with van der Waals surface area (Å²) in [5.41, 5.74) is 0.880. The fraction of sp³-hybridized carbons (Fsp3) is 0.448. The average molecular weight is 609 g/mol. The van der Waals surface area contributed by atoms with Gasteiger partial charge in [0, 0.05) is 17.5 Å². The monoisotopic (exact) mass is 608 g/mol. The van der Waals surface area contributed by atoms with Gasteiger partial charge in [-0.3, -0.25) is 25.0 Å². The van der Waals surface area contributed by atoms with Gasteiger partial charge in [0.25, 0.3) is 5.91 Å². The van der Waals surface area contributed by atoms with Crippen LogP contribution in [0.25, 0.3) is 10.2 Å². The van der Waals surface area contributed by atoms with E-state index in [4.69, 9.17) is 21.3 Å². The lowest BCUT2D eigenvalue weighted by molar-refractivity contribution is -0.136. The topological polar surface area (TPSA) is 143 Å². The molecular formula is C29H29ClN6O5S. The van der Waals surface area contributed by atoms with E-state index in [1.807, 2.05) is 19.1 Å². The van der Waals surface area contributed by atoms with Gasteiger partial charge in [-0.05, 0) is 69.6 Å². The van der Waals surface area contributed by atoms with Crippen LogP contribution in [-0.4, -0.2) is 50.8 Å². The summed E-state index contributed by atoms with van der Waals surface area (Å²) >= 11 is 7.91. The lowest BCUT2D eigenvalue weighted by atomic mass is 9.96. The number of urea groups is 1. The molecule has 2 atom stereocenters. The number of aromatic nitrogens is 2. The van der Waals surface area contributed by atoms with Crippen molar-refractivity contribution in [3.63, 3.8) is 0 Å². The highest BCUT2D eigenvalue weighted by Crippen LogP contribution is 2.48. The van der Waals surface area contributed by atoms with Crippen molar-refractivity contribution in [1.29, 1.82) is 0 Å². The Labute approximate surface area is 250 Å². The summed E-state index contributed by atoms with van der Waals surface area (Å²) in [4.78, 5) is 61.1. The van der Waals surface area contributed by atoms with E-state index in [0.717, 1.165) is 47.3 Å². The van der Waals surface area contributed by atoms with E-state index in [1.165, 1.54) is 16.2 Å². The Kier molecular flexibility index (Phi) is 6.58. The zero-order chi connectivity index (χ0) is 29.2. The molecule has 4 heterocycles. The molecule has 42 heavy (non-hydrogen) atoms. The Morgan fingerprint density at radius 1 is 1.14 bits per heavy atom. The van der Waals surface area contributed by atoms with Gasteiger partial charge in [0.05, 0.1) is 34.1 Å². The summed E-state index contributed by atoms with van der Waals surface area (Å²) < 4.78 is 7.10. The van der Waals surface area contributed by atoms with Crippen LogP contribution in [0.15, 0.2) is 24.3 Å². The number of benzene rings is 1. The molecule has 218 valence electrons. The molecule has 7 rings (SSSR count). The normalized spacial score (nSPS) is 21.9. The Hall–Kier alpha value is -3.77. The Morgan fingerprint density at radius 2 is 1.95 bits per heavy atom. The van der Waals surface area contributed by atoms with Gasteiger partial charge in [0.2, 0.25) is 11.8 Å². The molecule has 0 radical (unpaired) electrons. The van der Waals surface area contributed by atoms with Gasteiger partial charge in [-0.2, -0.15) is 0 Å². The zero-order valence-electron chi connectivity index (χ0n) is 22.9. The van der Waals surface area contributed by atoms with Gasteiger partial charge in [-0.15, -0.1) is 11.3 Å². The van der Waals surface area contributed by atoms with Crippen LogP contribution >= 0.6 is 22.9 Å². The Bertz CT molecular complexity index is 1650. The van der Waals surface area contributed by atoms with E-state index < -0.39 is 23.5 Å². The van der Waals surface area contributed by atoms with Crippen molar-refractivity contribution < 1.29 is 23.9 Å². The maximum Gasteiger partial charge on any atom is 0.321 e. The lowest BCUT2D eigenvalue weighted by Gasteiger charge is -2.29. The first-order valence-electron chi connectivity index (χ1n) is 14.2. The number of ether oxygens (including phenoxy) is 1. The smallest absolute Gasteiger partial charge is 0.321 e. The van der Waals surface area contributed by atoms with Gasteiger partial charge >= 0.3 is 6.03 Å². The van der Waals surface area contributed by atoms with Crippen molar-refractivity contribution in [2.45, 2.75) is 76.1 Å². The predicted molar refractivity (Wildman–Crippen MR) is 155 cm³/mol. The number of nitrogens with zero attached hydrogens (tertiary/aromatic N) is 3. The van der Waals surface area contributed by atoms with Crippen molar-refractivity contribution in [3.8, 4) is 5.75 Å². The highest BCUT2D eigenvalue weighted by Gasteiger charge is 2.47. The van der Waals surface area contributed by atoms with Crippen LogP contribution in [0.2, 0.25) is 5.02 Å². The number of anilines is 1. The van der Waals surface area contributed by atoms with Crippen molar-refractivity contribution in [3.05, 3.63) is 45.6 Å². The number of carbonyl (C=O) groups is 4. The number of hydrogen-bond donors (Lipinski definition) is 3. The summed E-state index contributed by atoms with van der Waals surface area (Å²) in [7, 11) is 0. The number of thiazole rings is 1. The number of piperidine rings is 1. The molecule has 5 amide bonds. The zero-order valence-corrected chi connectivity index (χ0v) is 24.4. The maximum atomic E-state index is 13.3. The summed E-state index contributed by atoms with van der Waals surface area (Å²) in [5, 5.41) is 9.62. The summed E-state index contributed by atoms with van der Waals surface area (Å²) in [6, 6.07) is 5.70. The third-order valence-electron chi connectivity index (χ3n) is 8.60. The van der Waals surface area contributed by atoms with Crippen LogP contribution in [-0.2, 0) is 21.7 Å². The highest BCUT2D eigenvalue weighted by molar-refractivity contribution is 7.18. The minimum Gasteiger partial charge on any atom is -0.488 e. The quantitative estimate of drug-likeness (QED) is 0.336. The van der Waals surface area contributed by atoms with Crippen molar-refractivity contribution >= 4 is 62.7 Å². The van der Waals surface area contributed by atoms with Crippen molar-refractivity contribution in [2.24, 2.45) is 5.92 Å². The second kappa shape index (κ2) is 10.2. The molecule has 2 aliphatic heterocycles.